The molecule has 0 N–H and O–H groups in total. The van der Waals surface area contributed by atoms with Gasteiger partial charge in [0, 0.05) is 0 Å². The van der Waals surface area contributed by atoms with E-state index in [-0.39, 0.29) is 0 Å². The van der Waals surface area contributed by atoms with Gasteiger partial charge in [0.15, 0.2) is 0 Å². The van der Waals surface area contributed by atoms with Crippen molar-refractivity contribution in [2.45, 2.75) is 52.9 Å². The van der Waals surface area contributed by atoms with Crippen LogP contribution in [0.2, 0.25) is 0 Å². The molecular formula is C20H32. The van der Waals surface area contributed by atoms with Crippen LogP contribution in [0.1, 0.15) is 52.9 Å². The van der Waals surface area contributed by atoms with Gasteiger partial charge in [-0.15, -0.1) is 6.58 Å². The number of rotatable bonds is 9. The number of hydrogen-bond acceptors (Lipinski definition) is 0. The summed E-state index contributed by atoms with van der Waals surface area (Å²) in [6, 6.07) is 0. The molecule has 0 aromatic carbocycles. The van der Waals surface area contributed by atoms with Gasteiger partial charge in [0.05, 0.1) is 0 Å². The highest BCUT2D eigenvalue weighted by Gasteiger charge is 1.89. The van der Waals surface area contributed by atoms with Crippen LogP contribution in [0.15, 0.2) is 73.4 Å². The fraction of sp³-hybridized carbons (Fsp3) is 0.400. The second-order valence-corrected chi connectivity index (χ2v) is 5.36. The van der Waals surface area contributed by atoms with Crippen molar-refractivity contribution >= 4 is 0 Å². The molecule has 0 aliphatic carbocycles. The first-order valence-corrected chi connectivity index (χ1v) is 7.21. The summed E-state index contributed by atoms with van der Waals surface area (Å²) in [5.74, 6) is 0. The number of allylic oxidation sites excluding steroid dienone is 7. The van der Waals surface area contributed by atoms with E-state index in [0.717, 1.165) is 43.3 Å². The van der Waals surface area contributed by atoms with Crippen molar-refractivity contribution in [1.29, 1.82) is 0 Å². The minimum Gasteiger partial charge on any atom is -0.100 e. The molecule has 0 aromatic rings. The molecule has 0 atom stereocenters. The Labute approximate surface area is 127 Å². The molecule has 0 fully saturated rings. The predicted octanol–water partition coefficient (Wildman–Crippen LogP) is 6.95. The maximum Gasteiger partial charge on any atom is -0.0250 e. The molecule has 0 saturated heterocycles. The van der Waals surface area contributed by atoms with Gasteiger partial charge < -0.3 is 0 Å². The van der Waals surface area contributed by atoms with Crippen molar-refractivity contribution < 1.29 is 0 Å². The lowest BCUT2D eigenvalue weighted by atomic mass is 10.1. The van der Waals surface area contributed by atoms with E-state index in [1.165, 1.54) is 11.1 Å². The van der Waals surface area contributed by atoms with Crippen LogP contribution < -0.4 is 0 Å². The summed E-state index contributed by atoms with van der Waals surface area (Å²) in [5.41, 5.74) is 4.87. The van der Waals surface area contributed by atoms with Crippen LogP contribution in [-0.4, -0.2) is 0 Å². The lowest BCUT2D eigenvalue weighted by molar-refractivity contribution is 0.819. The van der Waals surface area contributed by atoms with E-state index in [1.807, 2.05) is 12.2 Å². The Balaban J connectivity index is 0. The third-order valence-corrected chi connectivity index (χ3v) is 2.70. The molecule has 0 heteroatoms. The van der Waals surface area contributed by atoms with E-state index in [9.17, 15) is 0 Å². The molecule has 0 radical (unpaired) electrons. The summed E-state index contributed by atoms with van der Waals surface area (Å²) in [4.78, 5) is 0. The molecular weight excluding hydrogens is 240 g/mol. The molecule has 0 unspecified atom stereocenters. The Bertz CT molecular complexity index is 359. The molecule has 0 spiro atoms. The Kier molecular flexibility index (Phi) is 14.4. The summed E-state index contributed by atoms with van der Waals surface area (Å²) >= 11 is 0. The maximum atomic E-state index is 3.82. The van der Waals surface area contributed by atoms with E-state index in [0.29, 0.717) is 0 Å². The molecule has 0 aliphatic rings. The molecule has 20 heavy (non-hydrogen) atoms. The molecule has 112 valence electrons. The van der Waals surface area contributed by atoms with Gasteiger partial charge in [-0.1, -0.05) is 66.8 Å². The van der Waals surface area contributed by atoms with Crippen LogP contribution in [0.4, 0.5) is 0 Å². The average Bonchev–Trinajstić information content (AvgIpc) is 2.38. The third kappa shape index (κ3) is 18.8. The molecule has 0 aromatic heterocycles. The smallest absolute Gasteiger partial charge is 0.0250 e. The highest BCUT2D eigenvalue weighted by Crippen LogP contribution is 2.09. The number of hydrogen-bond donors (Lipinski definition) is 0. The molecule has 0 bridgehead atoms. The Morgan fingerprint density at radius 3 is 1.70 bits per heavy atom. The van der Waals surface area contributed by atoms with Crippen molar-refractivity contribution in [3.05, 3.63) is 73.4 Å². The summed E-state index contributed by atoms with van der Waals surface area (Å²) in [6.07, 6.45) is 11.3. The van der Waals surface area contributed by atoms with Gasteiger partial charge >= 0.3 is 0 Å². The molecule has 0 nitrogen and oxygen atoms in total. The van der Waals surface area contributed by atoms with Crippen LogP contribution in [-0.2, 0) is 0 Å². The molecule has 0 aliphatic heterocycles. The lowest BCUT2D eigenvalue weighted by Gasteiger charge is -1.98. The molecule has 0 rings (SSSR count). The SMILES string of the molecule is C=CC(=C)CCC=C(C)C.C=CC(=C)CCCC(=C)C. The zero-order chi connectivity index (χ0) is 16.0. The highest BCUT2D eigenvalue weighted by atomic mass is 14.0. The monoisotopic (exact) mass is 272 g/mol. The molecule has 0 heterocycles. The normalized spacial score (nSPS) is 8.75. The summed E-state index contributed by atoms with van der Waals surface area (Å²) in [7, 11) is 0. The zero-order valence-electron chi connectivity index (χ0n) is 13.8. The van der Waals surface area contributed by atoms with E-state index in [4.69, 9.17) is 0 Å². The predicted molar refractivity (Wildman–Crippen MR) is 96.0 cm³/mol. The molecule has 0 amide bonds. The Morgan fingerprint density at radius 2 is 1.30 bits per heavy atom. The summed E-state index contributed by atoms with van der Waals surface area (Å²) in [5, 5.41) is 0. The molecule has 0 saturated carbocycles. The van der Waals surface area contributed by atoms with E-state index in [2.05, 4.69) is 59.7 Å². The quantitative estimate of drug-likeness (QED) is 0.314. The van der Waals surface area contributed by atoms with Crippen LogP contribution in [0.3, 0.4) is 0 Å². The topological polar surface area (TPSA) is 0 Å². The van der Waals surface area contributed by atoms with Gasteiger partial charge in [-0.25, -0.2) is 0 Å². The van der Waals surface area contributed by atoms with Crippen molar-refractivity contribution in [3.63, 3.8) is 0 Å². The minimum atomic E-state index is 1.04. The van der Waals surface area contributed by atoms with Gasteiger partial charge in [-0.2, -0.15) is 0 Å². The van der Waals surface area contributed by atoms with Crippen molar-refractivity contribution in [1.82, 2.24) is 0 Å². The highest BCUT2D eigenvalue weighted by molar-refractivity contribution is 5.12. The fourth-order valence-corrected chi connectivity index (χ4v) is 1.37. The minimum absolute atomic E-state index is 1.04. The summed E-state index contributed by atoms with van der Waals surface area (Å²) < 4.78 is 0. The van der Waals surface area contributed by atoms with E-state index >= 15 is 0 Å². The van der Waals surface area contributed by atoms with E-state index in [1.54, 1.807) is 0 Å². The first-order valence-electron chi connectivity index (χ1n) is 7.21. The van der Waals surface area contributed by atoms with Crippen LogP contribution in [0.5, 0.6) is 0 Å². The van der Waals surface area contributed by atoms with Gasteiger partial charge in [0.2, 0.25) is 0 Å². The maximum absolute atomic E-state index is 3.82. The Morgan fingerprint density at radius 1 is 0.800 bits per heavy atom. The Hall–Kier alpha value is -1.56. The standard InChI is InChI=1S/2C10H16/c2*1-5-10(4)8-6-7-9(2)3/h5,7H,1,4,6,8H2,2-3H3;5H,1-2,4,6-8H2,3H3. The van der Waals surface area contributed by atoms with Gasteiger partial charge in [0.25, 0.3) is 0 Å². The van der Waals surface area contributed by atoms with E-state index < -0.39 is 0 Å². The van der Waals surface area contributed by atoms with Gasteiger partial charge in [-0.3, -0.25) is 0 Å². The first-order chi connectivity index (χ1) is 9.33. The third-order valence-electron chi connectivity index (χ3n) is 2.70. The van der Waals surface area contributed by atoms with Gasteiger partial charge in [0.1, 0.15) is 0 Å². The summed E-state index contributed by atoms with van der Waals surface area (Å²) in [6.45, 7) is 25.0. The van der Waals surface area contributed by atoms with Crippen LogP contribution in [0, 0.1) is 0 Å². The first kappa shape index (κ1) is 20.8. The van der Waals surface area contributed by atoms with Crippen LogP contribution >= 0.6 is 0 Å². The second kappa shape index (κ2) is 13.9. The average molecular weight is 272 g/mol. The van der Waals surface area contributed by atoms with Crippen molar-refractivity contribution in [2.24, 2.45) is 0 Å². The fourth-order valence-electron chi connectivity index (χ4n) is 1.37. The lowest BCUT2D eigenvalue weighted by Crippen LogP contribution is -1.78. The zero-order valence-corrected chi connectivity index (χ0v) is 13.8. The van der Waals surface area contributed by atoms with Crippen molar-refractivity contribution in [2.75, 3.05) is 0 Å². The van der Waals surface area contributed by atoms with Crippen LogP contribution in [0.25, 0.3) is 0 Å². The van der Waals surface area contributed by atoms with Gasteiger partial charge in [-0.05, 0) is 52.9 Å². The largest absolute Gasteiger partial charge is 0.100 e. The second-order valence-electron chi connectivity index (χ2n) is 5.36. The van der Waals surface area contributed by atoms with Crippen molar-refractivity contribution in [3.8, 4) is 0 Å².